The lowest BCUT2D eigenvalue weighted by atomic mass is 10.4. The molecule has 0 amide bonds. The highest BCUT2D eigenvalue weighted by Crippen LogP contribution is 2.43. The second-order valence-corrected chi connectivity index (χ2v) is 7.09. The summed E-state index contributed by atoms with van der Waals surface area (Å²) in [5, 5.41) is 1.93. The van der Waals surface area contributed by atoms with Gasteiger partial charge in [-0.3, -0.25) is 0 Å². The molecule has 0 aliphatic heterocycles. The van der Waals surface area contributed by atoms with Gasteiger partial charge in [-0.2, -0.15) is 0 Å². The van der Waals surface area contributed by atoms with Crippen molar-refractivity contribution in [2.75, 3.05) is 6.16 Å². The molecule has 0 aliphatic carbocycles. The van der Waals surface area contributed by atoms with Gasteiger partial charge < -0.3 is 4.57 Å². The molecule has 17 heavy (non-hydrogen) atoms. The van der Waals surface area contributed by atoms with E-state index in [-0.39, 0.29) is 0 Å². The normalized spacial score (nSPS) is 11.4. The van der Waals surface area contributed by atoms with Crippen molar-refractivity contribution in [2.45, 2.75) is 13.3 Å². The summed E-state index contributed by atoms with van der Waals surface area (Å²) in [5.74, 6) is 0. The fraction of sp³-hybridized carbons (Fsp3) is 0.200. The summed E-state index contributed by atoms with van der Waals surface area (Å²) in [6.45, 7) is 2.08. The van der Waals surface area contributed by atoms with Crippen molar-refractivity contribution in [3.63, 3.8) is 0 Å². The van der Waals surface area contributed by atoms with Crippen LogP contribution in [0.5, 0.6) is 0 Å². The lowest BCUT2D eigenvalue weighted by Crippen LogP contribution is -2.18. The molecule has 0 bridgehead atoms. The molecule has 0 heterocycles. The molecule has 0 saturated carbocycles. The van der Waals surface area contributed by atoms with Crippen LogP contribution in [0.4, 0.5) is 0 Å². The Morgan fingerprint density at radius 2 is 1.24 bits per heavy atom. The maximum Gasteiger partial charge on any atom is 0.143 e. The van der Waals surface area contributed by atoms with Gasteiger partial charge in [0, 0.05) is 16.8 Å². The van der Waals surface area contributed by atoms with Crippen LogP contribution in [0.3, 0.4) is 0 Å². The third-order valence-electron chi connectivity index (χ3n) is 2.89. The van der Waals surface area contributed by atoms with Crippen molar-refractivity contribution in [3.8, 4) is 0 Å². The van der Waals surface area contributed by atoms with Crippen LogP contribution in [0.2, 0.25) is 0 Å². The zero-order valence-electron chi connectivity index (χ0n) is 10.0. The van der Waals surface area contributed by atoms with E-state index in [1.165, 1.54) is 0 Å². The monoisotopic (exact) mass is 244 g/mol. The van der Waals surface area contributed by atoms with Crippen molar-refractivity contribution in [3.05, 3.63) is 60.7 Å². The fourth-order valence-electron chi connectivity index (χ4n) is 2.06. The summed E-state index contributed by atoms with van der Waals surface area (Å²) in [5.41, 5.74) is 0. The van der Waals surface area contributed by atoms with Gasteiger partial charge in [-0.25, -0.2) is 0 Å². The van der Waals surface area contributed by atoms with Crippen LogP contribution in [-0.4, -0.2) is 6.16 Å². The fourth-order valence-corrected chi connectivity index (χ4v) is 4.81. The Bertz CT molecular complexity index is 461. The first-order chi connectivity index (χ1) is 8.27. The molecule has 0 aromatic heterocycles. The van der Waals surface area contributed by atoms with Crippen LogP contribution < -0.4 is 10.6 Å². The first-order valence-electron chi connectivity index (χ1n) is 5.97. The lowest BCUT2D eigenvalue weighted by molar-refractivity contribution is 0.586. The molecule has 0 atom stereocenters. The Balaban J connectivity index is 2.51. The van der Waals surface area contributed by atoms with Crippen molar-refractivity contribution in [1.29, 1.82) is 0 Å². The van der Waals surface area contributed by atoms with Crippen LogP contribution in [0.25, 0.3) is 0 Å². The van der Waals surface area contributed by atoms with Gasteiger partial charge in [-0.1, -0.05) is 67.6 Å². The SMILES string of the molecule is CCCP(=O)(c1ccccc1)c1ccccc1. The van der Waals surface area contributed by atoms with E-state index in [1.54, 1.807) is 0 Å². The van der Waals surface area contributed by atoms with E-state index >= 15 is 0 Å². The minimum Gasteiger partial charge on any atom is -0.314 e. The zero-order valence-corrected chi connectivity index (χ0v) is 10.9. The summed E-state index contributed by atoms with van der Waals surface area (Å²) in [7, 11) is -2.42. The average molecular weight is 244 g/mol. The van der Waals surface area contributed by atoms with E-state index in [2.05, 4.69) is 6.92 Å². The summed E-state index contributed by atoms with van der Waals surface area (Å²) in [6, 6.07) is 19.7. The van der Waals surface area contributed by atoms with Crippen molar-refractivity contribution in [2.24, 2.45) is 0 Å². The van der Waals surface area contributed by atoms with E-state index in [1.807, 2.05) is 60.7 Å². The molecule has 0 unspecified atom stereocenters. The van der Waals surface area contributed by atoms with Crippen LogP contribution in [0.15, 0.2) is 60.7 Å². The van der Waals surface area contributed by atoms with Gasteiger partial charge in [0.15, 0.2) is 0 Å². The maximum absolute atomic E-state index is 13.2. The van der Waals surface area contributed by atoms with Crippen LogP contribution in [0, 0.1) is 0 Å². The molecular formula is C15H17OP. The second kappa shape index (κ2) is 5.33. The first-order valence-corrected chi connectivity index (χ1v) is 7.87. The van der Waals surface area contributed by atoms with Gasteiger partial charge in [-0.05, 0) is 6.42 Å². The van der Waals surface area contributed by atoms with E-state index in [9.17, 15) is 4.57 Å². The number of rotatable bonds is 4. The molecule has 1 nitrogen and oxygen atoms in total. The predicted molar refractivity (Wildman–Crippen MR) is 74.9 cm³/mol. The summed E-state index contributed by atoms with van der Waals surface area (Å²) in [4.78, 5) is 0. The molecule has 0 N–H and O–H groups in total. The molecule has 0 saturated heterocycles. The molecule has 2 heteroatoms. The smallest absolute Gasteiger partial charge is 0.143 e. The highest BCUT2D eigenvalue weighted by atomic mass is 31.2. The Hall–Kier alpha value is -1.33. The molecule has 0 spiro atoms. The van der Waals surface area contributed by atoms with E-state index < -0.39 is 7.14 Å². The van der Waals surface area contributed by atoms with Crippen molar-refractivity contribution in [1.82, 2.24) is 0 Å². The van der Waals surface area contributed by atoms with Gasteiger partial charge in [0.2, 0.25) is 0 Å². The van der Waals surface area contributed by atoms with Gasteiger partial charge in [0.25, 0.3) is 0 Å². The van der Waals surface area contributed by atoms with E-state index in [4.69, 9.17) is 0 Å². The number of hydrogen-bond acceptors (Lipinski definition) is 1. The van der Waals surface area contributed by atoms with Gasteiger partial charge >= 0.3 is 0 Å². The molecule has 2 aromatic carbocycles. The summed E-state index contributed by atoms with van der Waals surface area (Å²) >= 11 is 0. The lowest BCUT2D eigenvalue weighted by Gasteiger charge is -2.18. The number of hydrogen-bond donors (Lipinski definition) is 0. The van der Waals surface area contributed by atoms with Crippen molar-refractivity contribution >= 4 is 17.8 Å². The molecule has 0 aliphatic rings. The van der Waals surface area contributed by atoms with Crippen LogP contribution in [0.1, 0.15) is 13.3 Å². The first kappa shape index (κ1) is 12.1. The van der Waals surface area contributed by atoms with Gasteiger partial charge in [0.05, 0.1) is 0 Å². The van der Waals surface area contributed by atoms with E-state index in [0.29, 0.717) is 0 Å². The molecule has 2 aromatic rings. The predicted octanol–water partition coefficient (Wildman–Crippen LogP) is 3.41. The van der Waals surface area contributed by atoms with Crippen LogP contribution in [-0.2, 0) is 4.57 Å². The number of benzene rings is 2. The third-order valence-corrected chi connectivity index (χ3v) is 6.23. The zero-order chi connectivity index (χ0) is 12.1. The minimum absolute atomic E-state index is 0.737. The van der Waals surface area contributed by atoms with Crippen molar-refractivity contribution < 1.29 is 4.57 Å². The average Bonchev–Trinajstić information content (AvgIpc) is 2.41. The molecule has 0 radical (unpaired) electrons. The quantitative estimate of drug-likeness (QED) is 0.753. The second-order valence-electron chi connectivity index (χ2n) is 4.13. The molecule has 2 rings (SSSR count). The van der Waals surface area contributed by atoms with Gasteiger partial charge in [-0.15, -0.1) is 0 Å². The molecule has 0 fully saturated rings. The highest BCUT2D eigenvalue weighted by Gasteiger charge is 2.25. The van der Waals surface area contributed by atoms with Gasteiger partial charge in [0.1, 0.15) is 7.14 Å². The summed E-state index contributed by atoms with van der Waals surface area (Å²) < 4.78 is 13.2. The Labute approximate surface area is 103 Å². The standard InChI is InChI=1S/C15H17OP/c1-2-13-17(16,14-9-5-3-6-10-14)15-11-7-4-8-12-15/h3-12H,2,13H2,1H3. The Morgan fingerprint density at radius 3 is 1.59 bits per heavy atom. The molecule has 88 valence electrons. The third kappa shape index (κ3) is 2.50. The topological polar surface area (TPSA) is 17.1 Å². The largest absolute Gasteiger partial charge is 0.314 e. The molecular weight excluding hydrogens is 227 g/mol. The minimum atomic E-state index is -2.42. The Morgan fingerprint density at radius 1 is 0.824 bits per heavy atom. The van der Waals surface area contributed by atoms with E-state index in [0.717, 1.165) is 23.2 Å². The Kier molecular flexibility index (Phi) is 3.81. The van der Waals surface area contributed by atoms with Crippen LogP contribution >= 0.6 is 7.14 Å². The highest BCUT2D eigenvalue weighted by molar-refractivity contribution is 7.78. The summed E-state index contributed by atoms with van der Waals surface area (Å²) in [6.07, 6.45) is 1.67. The maximum atomic E-state index is 13.2.